The molecule has 0 atom stereocenters. The van der Waals surface area contributed by atoms with Gasteiger partial charge < -0.3 is 18.6 Å². The molecule has 0 aliphatic heterocycles. The number of ether oxygens (including phenoxy) is 3. The van der Waals surface area contributed by atoms with Gasteiger partial charge in [0.25, 0.3) is 5.89 Å². The first-order valence-corrected chi connectivity index (χ1v) is 11.4. The SMILES string of the molecule is COc1ccc(/C=C2\CCCc3c2nc2ccccc2c3C(=O)OCc2nnc(C)o2)cc1OC. The number of carbonyl (C=O) groups is 1. The van der Waals surface area contributed by atoms with Crippen LogP contribution in [0.1, 0.15) is 51.8 Å². The topological polar surface area (TPSA) is 96.6 Å². The van der Waals surface area contributed by atoms with Gasteiger partial charge in [0.2, 0.25) is 5.89 Å². The van der Waals surface area contributed by atoms with Crippen LogP contribution >= 0.6 is 0 Å². The van der Waals surface area contributed by atoms with Crippen molar-refractivity contribution in [2.45, 2.75) is 32.8 Å². The predicted octanol–water partition coefficient (Wildman–Crippen LogP) is 5.18. The van der Waals surface area contributed by atoms with Crippen LogP contribution in [-0.2, 0) is 17.8 Å². The molecule has 0 radical (unpaired) electrons. The number of pyridine rings is 1. The standard InChI is InChI=1S/C27H25N3O5/c1-16-29-30-24(35-16)15-34-27(31)25-19-8-4-5-10-21(19)28-26-18(7-6-9-20(25)26)13-17-11-12-22(32-2)23(14-17)33-3/h4-5,8,10-14H,6-7,9,15H2,1-3H3/b18-13+. The van der Waals surface area contributed by atoms with Gasteiger partial charge in [-0.25, -0.2) is 9.78 Å². The largest absolute Gasteiger partial charge is 0.493 e. The minimum atomic E-state index is -0.428. The van der Waals surface area contributed by atoms with E-state index in [0.29, 0.717) is 23.0 Å². The Labute approximate surface area is 202 Å². The summed E-state index contributed by atoms with van der Waals surface area (Å²) in [6, 6.07) is 13.4. The van der Waals surface area contributed by atoms with Crippen molar-refractivity contribution in [2.75, 3.05) is 14.2 Å². The highest BCUT2D eigenvalue weighted by Gasteiger charge is 2.26. The summed E-state index contributed by atoms with van der Waals surface area (Å²) in [7, 11) is 3.23. The van der Waals surface area contributed by atoms with Crippen molar-refractivity contribution in [2.24, 2.45) is 0 Å². The van der Waals surface area contributed by atoms with E-state index in [1.54, 1.807) is 21.1 Å². The number of esters is 1. The molecule has 5 rings (SSSR count). The molecule has 0 unspecified atom stereocenters. The summed E-state index contributed by atoms with van der Waals surface area (Å²) in [6.07, 6.45) is 4.58. The lowest BCUT2D eigenvalue weighted by molar-refractivity contribution is 0.0437. The lowest BCUT2D eigenvalue weighted by Gasteiger charge is -2.22. The number of hydrogen-bond acceptors (Lipinski definition) is 8. The van der Waals surface area contributed by atoms with Gasteiger partial charge in [0.15, 0.2) is 18.1 Å². The lowest BCUT2D eigenvalue weighted by atomic mass is 9.86. The number of allylic oxidation sites excluding steroid dienone is 1. The molecule has 2 heterocycles. The van der Waals surface area contributed by atoms with Crippen molar-refractivity contribution in [3.63, 3.8) is 0 Å². The molecule has 1 aliphatic rings. The molecule has 4 aromatic rings. The van der Waals surface area contributed by atoms with E-state index < -0.39 is 5.97 Å². The lowest BCUT2D eigenvalue weighted by Crippen LogP contribution is -2.15. The van der Waals surface area contributed by atoms with E-state index in [1.807, 2.05) is 42.5 Å². The minimum absolute atomic E-state index is 0.0839. The molecule has 0 bridgehead atoms. The van der Waals surface area contributed by atoms with E-state index >= 15 is 0 Å². The number of methoxy groups -OCH3 is 2. The Morgan fingerprint density at radius 1 is 1.06 bits per heavy atom. The quantitative estimate of drug-likeness (QED) is 0.355. The zero-order chi connectivity index (χ0) is 24.4. The van der Waals surface area contributed by atoms with Crippen LogP contribution < -0.4 is 9.47 Å². The Bertz CT molecular complexity index is 1440. The molecule has 8 nitrogen and oxygen atoms in total. The number of para-hydroxylation sites is 1. The zero-order valence-electron chi connectivity index (χ0n) is 19.8. The molecular formula is C27H25N3O5. The van der Waals surface area contributed by atoms with E-state index in [0.717, 1.165) is 52.6 Å². The maximum Gasteiger partial charge on any atom is 0.339 e. The Hall–Kier alpha value is -4.20. The Morgan fingerprint density at radius 3 is 2.66 bits per heavy atom. The monoisotopic (exact) mass is 471 g/mol. The minimum Gasteiger partial charge on any atom is -0.493 e. The summed E-state index contributed by atoms with van der Waals surface area (Å²) < 4.78 is 21.8. The van der Waals surface area contributed by atoms with Gasteiger partial charge in [0.05, 0.1) is 31.0 Å². The van der Waals surface area contributed by atoms with Crippen molar-refractivity contribution in [1.29, 1.82) is 0 Å². The van der Waals surface area contributed by atoms with Gasteiger partial charge in [-0.05, 0) is 60.2 Å². The molecule has 0 saturated carbocycles. The number of nitrogens with zero attached hydrogens (tertiary/aromatic N) is 3. The molecule has 0 N–H and O–H groups in total. The molecule has 35 heavy (non-hydrogen) atoms. The Balaban J connectivity index is 1.57. The van der Waals surface area contributed by atoms with Gasteiger partial charge in [-0.2, -0.15) is 0 Å². The summed E-state index contributed by atoms with van der Waals surface area (Å²) >= 11 is 0. The predicted molar refractivity (Wildman–Crippen MR) is 130 cm³/mol. The van der Waals surface area contributed by atoms with Crippen LogP contribution in [0.25, 0.3) is 22.6 Å². The van der Waals surface area contributed by atoms with Crippen LogP contribution in [0.3, 0.4) is 0 Å². The van der Waals surface area contributed by atoms with Crippen LogP contribution in [0.15, 0.2) is 46.9 Å². The second-order valence-electron chi connectivity index (χ2n) is 8.26. The average molecular weight is 472 g/mol. The van der Waals surface area contributed by atoms with Gasteiger partial charge in [0, 0.05) is 12.3 Å². The Morgan fingerprint density at radius 2 is 1.89 bits per heavy atom. The number of hydrogen-bond donors (Lipinski definition) is 0. The summed E-state index contributed by atoms with van der Waals surface area (Å²) in [5.41, 5.74) is 5.03. The van der Waals surface area contributed by atoms with Crippen molar-refractivity contribution >= 4 is 28.5 Å². The molecular weight excluding hydrogens is 446 g/mol. The highest BCUT2D eigenvalue weighted by Crippen LogP contribution is 2.37. The zero-order valence-corrected chi connectivity index (χ0v) is 19.8. The number of aromatic nitrogens is 3. The van der Waals surface area contributed by atoms with Crippen LogP contribution in [0, 0.1) is 6.92 Å². The molecule has 0 fully saturated rings. The van der Waals surface area contributed by atoms with Gasteiger partial charge in [-0.1, -0.05) is 24.3 Å². The third-order valence-electron chi connectivity index (χ3n) is 6.02. The van der Waals surface area contributed by atoms with E-state index in [1.165, 1.54) is 0 Å². The Kier molecular flexibility index (Phi) is 6.18. The fourth-order valence-corrected chi connectivity index (χ4v) is 4.45. The van der Waals surface area contributed by atoms with Crippen molar-refractivity contribution in [1.82, 2.24) is 15.2 Å². The molecule has 0 spiro atoms. The average Bonchev–Trinajstić information content (AvgIpc) is 3.31. The molecule has 0 amide bonds. The number of fused-ring (bicyclic) bond motifs is 2. The number of aryl methyl sites for hydroxylation is 1. The summed E-state index contributed by atoms with van der Waals surface area (Å²) in [5.74, 6) is 1.59. The fraction of sp³-hybridized carbons (Fsp3) is 0.259. The molecule has 178 valence electrons. The van der Waals surface area contributed by atoms with Gasteiger partial charge in [-0.3, -0.25) is 0 Å². The molecule has 0 saturated heterocycles. The van der Waals surface area contributed by atoms with Gasteiger partial charge >= 0.3 is 5.97 Å². The highest BCUT2D eigenvalue weighted by molar-refractivity contribution is 6.06. The maximum atomic E-state index is 13.3. The first-order chi connectivity index (χ1) is 17.1. The van der Waals surface area contributed by atoms with E-state index in [-0.39, 0.29) is 12.5 Å². The normalized spacial score (nSPS) is 14.1. The smallest absolute Gasteiger partial charge is 0.339 e. The third kappa shape index (κ3) is 4.47. The summed E-state index contributed by atoms with van der Waals surface area (Å²) in [4.78, 5) is 18.3. The van der Waals surface area contributed by atoms with Crippen LogP contribution in [0.2, 0.25) is 0 Å². The first kappa shape index (κ1) is 22.6. The number of rotatable bonds is 6. The van der Waals surface area contributed by atoms with E-state index in [9.17, 15) is 4.79 Å². The van der Waals surface area contributed by atoms with Crippen LogP contribution in [0.4, 0.5) is 0 Å². The van der Waals surface area contributed by atoms with Crippen molar-refractivity contribution in [3.8, 4) is 11.5 Å². The number of benzene rings is 2. The highest BCUT2D eigenvalue weighted by atomic mass is 16.5. The first-order valence-electron chi connectivity index (χ1n) is 11.4. The molecule has 8 heteroatoms. The van der Waals surface area contributed by atoms with Crippen LogP contribution in [0.5, 0.6) is 11.5 Å². The van der Waals surface area contributed by atoms with E-state index in [2.05, 4.69) is 16.3 Å². The fourth-order valence-electron chi connectivity index (χ4n) is 4.45. The molecule has 1 aliphatic carbocycles. The second-order valence-corrected chi connectivity index (χ2v) is 8.26. The third-order valence-corrected chi connectivity index (χ3v) is 6.02. The summed E-state index contributed by atoms with van der Waals surface area (Å²) in [6.45, 7) is 1.61. The molecule has 2 aromatic carbocycles. The van der Waals surface area contributed by atoms with Gasteiger partial charge in [0.1, 0.15) is 0 Å². The number of carbonyl (C=O) groups excluding carboxylic acids is 1. The second kappa shape index (κ2) is 9.58. The van der Waals surface area contributed by atoms with Crippen molar-refractivity contribution in [3.05, 3.63) is 76.6 Å². The molecule has 2 aromatic heterocycles. The summed E-state index contributed by atoms with van der Waals surface area (Å²) in [5, 5.41) is 8.47. The van der Waals surface area contributed by atoms with Gasteiger partial charge in [-0.15, -0.1) is 10.2 Å². The van der Waals surface area contributed by atoms with E-state index in [4.69, 9.17) is 23.6 Å². The maximum absolute atomic E-state index is 13.3. The van der Waals surface area contributed by atoms with Crippen molar-refractivity contribution < 1.29 is 23.4 Å². The van der Waals surface area contributed by atoms with Crippen LogP contribution in [-0.4, -0.2) is 35.4 Å².